The zero-order valence-electron chi connectivity index (χ0n) is 14.4. The first-order valence-corrected chi connectivity index (χ1v) is 8.44. The molecule has 1 fully saturated rings. The van der Waals surface area contributed by atoms with E-state index in [4.69, 9.17) is 4.74 Å². The van der Waals surface area contributed by atoms with Crippen molar-refractivity contribution >= 4 is 0 Å². The van der Waals surface area contributed by atoms with Gasteiger partial charge in [-0.15, -0.1) is 0 Å². The van der Waals surface area contributed by atoms with E-state index in [2.05, 4.69) is 38.3 Å². The number of ether oxygens (including phenoxy) is 1. The van der Waals surface area contributed by atoms with Crippen molar-refractivity contribution in [3.8, 4) is 5.75 Å². The predicted molar refractivity (Wildman–Crippen MR) is 88.1 cm³/mol. The number of aliphatic hydroxyl groups is 1. The minimum absolute atomic E-state index is 0.373. The zero-order valence-corrected chi connectivity index (χ0v) is 14.4. The van der Waals surface area contributed by atoms with Gasteiger partial charge in [-0.25, -0.2) is 0 Å². The molecule has 0 saturated carbocycles. The molecule has 0 aliphatic carbocycles. The second-order valence-electron chi connectivity index (χ2n) is 7.04. The molecule has 4 heteroatoms. The Balaban J connectivity index is 1.77. The summed E-state index contributed by atoms with van der Waals surface area (Å²) in [4.78, 5) is 1.54. The van der Waals surface area contributed by atoms with Crippen LogP contribution in [-0.4, -0.2) is 44.0 Å². The van der Waals surface area contributed by atoms with Crippen molar-refractivity contribution in [1.29, 1.82) is 0 Å². The zero-order chi connectivity index (χ0) is 16.2. The van der Waals surface area contributed by atoms with Gasteiger partial charge in [-0.1, -0.05) is 6.92 Å². The quantitative estimate of drug-likeness (QED) is 0.639. The summed E-state index contributed by atoms with van der Waals surface area (Å²) in [5.41, 5.74) is 0.803. The molecule has 4 nitrogen and oxygen atoms in total. The molecule has 0 aromatic heterocycles. The Bertz CT molecular complexity index is 463. The van der Waals surface area contributed by atoms with Crippen LogP contribution < -0.4 is 15.0 Å². The van der Waals surface area contributed by atoms with E-state index in [0.29, 0.717) is 12.0 Å². The topological polar surface area (TPSA) is 50.5 Å². The van der Waals surface area contributed by atoms with Crippen LogP contribution in [0.15, 0.2) is 24.3 Å². The maximum Gasteiger partial charge on any atom is 0.118 e. The highest BCUT2D eigenvalue weighted by molar-refractivity contribution is 5.26. The number of nitrogens with one attached hydrogen (secondary N) is 1. The van der Waals surface area contributed by atoms with Crippen molar-refractivity contribution in [1.82, 2.24) is 0 Å². The van der Waals surface area contributed by atoms with E-state index >= 15 is 0 Å². The average molecular weight is 308 g/mol. The number of piperidine rings is 1. The summed E-state index contributed by atoms with van der Waals surface area (Å²) in [6.45, 7) is 7.43. The van der Waals surface area contributed by atoms with Gasteiger partial charge in [0.1, 0.15) is 12.3 Å². The minimum Gasteiger partial charge on any atom is -0.497 e. The van der Waals surface area contributed by atoms with Crippen molar-refractivity contribution in [2.45, 2.75) is 44.9 Å². The summed E-state index contributed by atoms with van der Waals surface area (Å²) in [5.74, 6) is 1.27. The molecular formula is C18H32N2O2+2. The number of quaternary nitrogens is 2. The highest BCUT2D eigenvalue weighted by Gasteiger charge is 2.43. The predicted octanol–water partition coefficient (Wildman–Crippen LogP) is -0.177. The molecule has 1 aromatic rings. The van der Waals surface area contributed by atoms with Crippen LogP contribution >= 0.6 is 0 Å². The molecule has 4 atom stereocenters. The molecular weight excluding hydrogens is 276 g/mol. The molecule has 1 aliphatic rings. The molecule has 0 spiro atoms. The Morgan fingerprint density at radius 1 is 1.32 bits per heavy atom. The van der Waals surface area contributed by atoms with Gasteiger partial charge in [0.25, 0.3) is 0 Å². The second-order valence-corrected chi connectivity index (χ2v) is 7.04. The van der Waals surface area contributed by atoms with E-state index in [0.717, 1.165) is 38.2 Å². The van der Waals surface area contributed by atoms with E-state index in [1.54, 1.807) is 12.0 Å². The first kappa shape index (κ1) is 17.3. The molecule has 1 unspecified atom stereocenters. The van der Waals surface area contributed by atoms with Crippen molar-refractivity contribution in [2.24, 2.45) is 5.92 Å². The highest BCUT2D eigenvalue weighted by atomic mass is 16.5. The maximum absolute atomic E-state index is 10.9. The summed E-state index contributed by atoms with van der Waals surface area (Å²) in [7, 11) is 3.92. The van der Waals surface area contributed by atoms with Crippen LogP contribution in [0.4, 0.5) is 0 Å². The highest BCUT2D eigenvalue weighted by Crippen LogP contribution is 2.27. The Morgan fingerprint density at radius 3 is 2.64 bits per heavy atom. The summed E-state index contributed by atoms with van der Waals surface area (Å²) in [5, 5.41) is 13.2. The van der Waals surface area contributed by atoms with Crippen LogP contribution in [0.1, 0.15) is 32.3 Å². The molecule has 0 bridgehead atoms. The lowest BCUT2D eigenvalue weighted by molar-refractivity contribution is -0.916. The molecule has 4 N–H and O–H groups in total. The van der Waals surface area contributed by atoms with Gasteiger partial charge < -0.3 is 20.1 Å². The summed E-state index contributed by atoms with van der Waals surface area (Å²) < 4.78 is 5.17. The van der Waals surface area contributed by atoms with Crippen molar-refractivity contribution in [3.05, 3.63) is 29.8 Å². The lowest BCUT2D eigenvalue weighted by Gasteiger charge is -2.43. The third-order valence-electron chi connectivity index (χ3n) is 5.37. The van der Waals surface area contributed by atoms with E-state index in [9.17, 15) is 5.11 Å². The van der Waals surface area contributed by atoms with Gasteiger partial charge in [0.05, 0.1) is 38.9 Å². The van der Waals surface area contributed by atoms with Crippen molar-refractivity contribution in [2.75, 3.05) is 27.2 Å². The molecule has 1 saturated heterocycles. The smallest absolute Gasteiger partial charge is 0.118 e. The first-order valence-electron chi connectivity index (χ1n) is 8.44. The number of nitrogens with two attached hydrogens (primary N) is 1. The molecule has 1 heterocycles. The van der Waals surface area contributed by atoms with Crippen LogP contribution in [0, 0.1) is 5.92 Å². The molecule has 1 aliphatic heterocycles. The number of methoxy groups -OCH3 is 1. The van der Waals surface area contributed by atoms with Crippen molar-refractivity contribution < 1.29 is 20.1 Å². The fourth-order valence-electron chi connectivity index (χ4n) is 3.51. The monoisotopic (exact) mass is 308 g/mol. The normalized spacial score (nSPS) is 32.0. The van der Waals surface area contributed by atoms with Crippen LogP contribution in [0.25, 0.3) is 0 Å². The van der Waals surface area contributed by atoms with Gasteiger partial charge in [-0.3, -0.25) is 0 Å². The Kier molecular flexibility index (Phi) is 5.84. The number of benzene rings is 1. The lowest BCUT2D eigenvalue weighted by Crippen LogP contribution is -3.15. The van der Waals surface area contributed by atoms with E-state index in [-0.39, 0.29) is 0 Å². The standard InChI is InChI=1S/C18H30N2O2/c1-14-13-20(3)15(2)11-18(14,21)9-10-19-12-16-5-7-17(22-4)8-6-16/h5-8,14-15,19,21H,9-13H2,1-4H3/p+2/t14-,15-,18-/m1/s1. The van der Waals surface area contributed by atoms with Gasteiger partial charge >= 0.3 is 0 Å². The molecule has 1 aromatic carbocycles. The lowest BCUT2D eigenvalue weighted by atomic mass is 9.77. The molecule has 0 amide bonds. The number of hydrogen-bond donors (Lipinski definition) is 3. The van der Waals surface area contributed by atoms with Gasteiger partial charge in [-0.2, -0.15) is 0 Å². The second kappa shape index (κ2) is 7.44. The number of hydrogen-bond acceptors (Lipinski definition) is 2. The Morgan fingerprint density at radius 2 is 2.00 bits per heavy atom. The van der Waals surface area contributed by atoms with E-state index < -0.39 is 5.60 Å². The van der Waals surface area contributed by atoms with E-state index in [1.807, 2.05) is 12.1 Å². The van der Waals surface area contributed by atoms with Crippen LogP contribution in [0.5, 0.6) is 5.75 Å². The SMILES string of the molecule is COc1ccc(C[NH2+]CC[C@@]2(O)C[C@@H](C)[NH+](C)C[C@H]2C)cc1. The Hall–Kier alpha value is -1.10. The maximum atomic E-state index is 10.9. The number of likely N-dealkylation sites (tertiary alicyclic amines) is 1. The first-order chi connectivity index (χ1) is 10.4. The van der Waals surface area contributed by atoms with Gasteiger partial charge in [-0.05, 0) is 31.2 Å². The van der Waals surface area contributed by atoms with Gasteiger partial charge in [0, 0.05) is 24.3 Å². The average Bonchev–Trinajstić information content (AvgIpc) is 2.50. The summed E-state index contributed by atoms with van der Waals surface area (Å²) in [6.07, 6.45) is 1.79. The summed E-state index contributed by atoms with van der Waals surface area (Å²) >= 11 is 0. The van der Waals surface area contributed by atoms with Gasteiger partial charge in [0.15, 0.2) is 0 Å². The van der Waals surface area contributed by atoms with Crippen LogP contribution in [0.2, 0.25) is 0 Å². The Labute approximate surface area is 134 Å². The largest absolute Gasteiger partial charge is 0.497 e. The molecule has 2 rings (SSSR count). The number of rotatable bonds is 6. The fraction of sp³-hybridized carbons (Fsp3) is 0.667. The van der Waals surface area contributed by atoms with Crippen molar-refractivity contribution in [3.63, 3.8) is 0 Å². The summed E-state index contributed by atoms with van der Waals surface area (Å²) in [6, 6.07) is 8.75. The molecule has 124 valence electrons. The van der Waals surface area contributed by atoms with Gasteiger partial charge in [0.2, 0.25) is 0 Å². The molecule has 0 radical (unpaired) electrons. The fourth-order valence-corrected chi connectivity index (χ4v) is 3.51. The third kappa shape index (κ3) is 4.22. The van der Waals surface area contributed by atoms with E-state index in [1.165, 1.54) is 5.56 Å². The minimum atomic E-state index is -0.491. The van der Waals surface area contributed by atoms with Crippen LogP contribution in [0.3, 0.4) is 0 Å². The molecule has 22 heavy (non-hydrogen) atoms. The third-order valence-corrected chi connectivity index (χ3v) is 5.37. The van der Waals surface area contributed by atoms with Crippen LogP contribution in [-0.2, 0) is 6.54 Å².